The predicted molar refractivity (Wildman–Crippen MR) is 116 cm³/mol. The Morgan fingerprint density at radius 3 is 2.78 bits per heavy atom. The van der Waals surface area contributed by atoms with Crippen molar-refractivity contribution in [3.05, 3.63) is 52.9 Å². The molecule has 2 aliphatic rings. The molecule has 13 heteroatoms. The molecule has 11 nitrogen and oxygen atoms in total. The van der Waals surface area contributed by atoms with Crippen molar-refractivity contribution in [3.8, 4) is 0 Å². The second kappa shape index (κ2) is 8.96. The maximum absolute atomic E-state index is 12.9. The monoisotopic (exact) mass is 475 g/mol. The molecule has 166 valence electrons. The average Bonchev–Trinajstić information content (AvgIpc) is 3.21. The third-order valence-electron chi connectivity index (χ3n) is 4.85. The number of anilines is 1. The highest BCUT2D eigenvalue weighted by Crippen LogP contribution is 2.40. The molecule has 2 amide bonds. The predicted octanol–water partition coefficient (Wildman–Crippen LogP) is -0.198. The third-order valence-corrected chi connectivity index (χ3v) is 6.86. The molecule has 4 N–H and O–H groups in total. The highest BCUT2D eigenvalue weighted by atomic mass is 32.2. The molecule has 32 heavy (non-hydrogen) atoms. The van der Waals surface area contributed by atoms with Crippen LogP contribution >= 0.6 is 23.1 Å². The fraction of sp³-hybridized carbons (Fsp3) is 0.263. The van der Waals surface area contributed by atoms with Gasteiger partial charge in [0.05, 0.1) is 0 Å². The van der Waals surface area contributed by atoms with Crippen molar-refractivity contribution in [2.45, 2.75) is 18.0 Å². The second-order valence-corrected chi connectivity index (χ2v) is 8.85. The minimum absolute atomic E-state index is 0.0429. The molecule has 1 fully saturated rings. The zero-order valence-electron chi connectivity index (χ0n) is 16.8. The van der Waals surface area contributed by atoms with Crippen molar-refractivity contribution in [2.75, 3.05) is 18.6 Å². The van der Waals surface area contributed by atoms with Crippen LogP contribution in [0.1, 0.15) is 5.69 Å². The number of oxime groups is 1. The van der Waals surface area contributed by atoms with Crippen molar-refractivity contribution in [2.24, 2.45) is 5.16 Å². The van der Waals surface area contributed by atoms with Gasteiger partial charge in [0.15, 0.2) is 29.8 Å². The molecule has 0 bridgehead atoms. The molecule has 0 aromatic carbocycles. The van der Waals surface area contributed by atoms with Crippen molar-refractivity contribution in [3.63, 3.8) is 0 Å². The van der Waals surface area contributed by atoms with E-state index in [9.17, 15) is 19.5 Å². The average molecular weight is 476 g/mol. The molecule has 0 radical (unpaired) electrons. The van der Waals surface area contributed by atoms with Gasteiger partial charge in [0, 0.05) is 28.8 Å². The van der Waals surface area contributed by atoms with E-state index in [-0.39, 0.29) is 22.2 Å². The Morgan fingerprint density at radius 1 is 1.41 bits per heavy atom. The van der Waals surface area contributed by atoms with Gasteiger partial charge in [-0.25, -0.2) is 14.3 Å². The van der Waals surface area contributed by atoms with Gasteiger partial charge < -0.3 is 21.0 Å². The molecule has 2 aromatic heterocycles. The number of hydrogen-bond donors (Lipinski definition) is 3. The van der Waals surface area contributed by atoms with Crippen LogP contribution in [0.2, 0.25) is 0 Å². The van der Waals surface area contributed by atoms with Crippen molar-refractivity contribution in [1.82, 2.24) is 15.2 Å². The van der Waals surface area contributed by atoms with Gasteiger partial charge in [0.25, 0.3) is 11.8 Å². The Labute approximate surface area is 190 Å². The third kappa shape index (κ3) is 4.03. The molecule has 2 aromatic rings. The number of amides is 2. The SMILES string of the molecule is CO/N=C(\C(=O)N[C@@H]1C(=O)N2C(C(=O)O)=C(C[n+]3ccccc3)CS[C@@H]12)c1csc(N)n1. The number of nitrogens with zero attached hydrogens (tertiary/aromatic N) is 4. The molecular weight excluding hydrogens is 456 g/mol. The lowest BCUT2D eigenvalue weighted by Crippen LogP contribution is -2.71. The number of carboxylic acid groups (broad SMARTS) is 1. The minimum Gasteiger partial charge on any atom is -0.477 e. The number of thiazole rings is 1. The molecule has 4 rings (SSSR count). The van der Waals surface area contributed by atoms with E-state index in [4.69, 9.17) is 10.6 Å². The zero-order chi connectivity index (χ0) is 22.8. The molecule has 0 spiro atoms. The van der Waals surface area contributed by atoms with E-state index in [1.54, 1.807) is 5.38 Å². The summed E-state index contributed by atoms with van der Waals surface area (Å²) in [5, 5.41) is 17.4. The number of nitrogen functional groups attached to an aromatic ring is 1. The Bertz CT molecular complexity index is 1130. The van der Waals surface area contributed by atoms with Gasteiger partial charge in [0.2, 0.25) is 0 Å². The van der Waals surface area contributed by atoms with Crippen molar-refractivity contribution >= 4 is 51.7 Å². The zero-order valence-corrected chi connectivity index (χ0v) is 18.4. The van der Waals surface area contributed by atoms with Gasteiger partial charge in [-0.15, -0.1) is 23.1 Å². The number of pyridine rings is 1. The number of hydrogen-bond acceptors (Lipinski definition) is 9. The van der Waals surface area contributed by atoms with Crippen LogP contribution in [0, 0.1) is 0 Å². The summed E-state index contributed by atoms with van der Waals surface area (Å²) in [7, 11) is 1.28. The lowest BCUT2D eigenvalue weighted by atomic mass is 10.0. The number of rotatable bonds is 7. The van der Waals surface area contributed by atoms with Gasteiger partial charge >= 0.3 is 5.97 Å². The van der Waals surface area contributed by atoms with Gasteiger partial charge in [-0.05, 0) is 0 Å². The number of nitrogens with one attached hydrogen (secondary N) is 1. The van der Waals surface area contributed by atoms with E-state index in [2.05, 4.69) is 15.5 Å². The fourth-order valence-electron chi connectivity index (χ4n) is 3.47. The maximum atomic E-state index is 12.9. The number of β-lactam (4-membered cyclic amide) rings is 1. The first kappa shape index (κ1) is 21.8. The lowest BCUT2D eigenvalue weighted by Gasteiger charge is -2.49. The first-order chi connectivity index (χ1) is 15.4. The maximum Gasteiger partial charge on any atom is 0.352 e. The van der Waals surface area contributed by atoms with Gasteiger partial charge in [0.1, 0.15) is 29.9 Å². The molecule has 2 atom stereocenters. The largest absolute Gasteiger partial charge is 0.477 e. The van der Waals surface area contributed by atoms with Gasteiger partial charge in [-0.2, -0.15) is 0 Å². The Balaban J connectivity index is 1.53. The molecule has 1 saturated heterocycles. The number of carbonyl (C=O) groups is 3. The summed E-state index contributed by atoms with van der Waals surface area (Å²) in [5.41, 5.74) is 6.30. The standard InChI is InChI=1S/C19H18N6O5S2/c1-30-23-12(11-9-32-19(20)21-11)15(26)22-13-16(27)25-14(18(28)29)10(8-31-17(13)25)7-24-5-3-2-4-6-24/h2-6,9,13,17H,7-8H2,1H3,(H3-,20,21,22,26,28,29)/p+1/b23-12-/t13-,17+/m1/s1. The first-order valence-corrected chi connectivity index (χ1v) is 11.3. The van der Waals surface area contributed by atoms with Gasteiger partial charge in [-0.1, -0.05) is 11.2 Å². The highest BCUT2D eigenvalue weighted by molar-refractivity contribution is 8.00. The van der Waals surface area contributed by atoms with E-state index in [0.717, 1.165) is 11.3 Å². The Morgan fingerprint density at radius 2 is 2.16 bits per heavy atom. The van der Waals surface area contributed by atoms with Gasteiger partial charge in [-0.3, -0.25) is 14.5 Å². The number of aromatic nitrogens is 2. The van der Waals surface area contributed by atoms with Crippen LogP contribution in [0.25, 0.3) is 0 Å². The minimum atomic E-state index is -1.18. The number of nitrogens with two attached hydrogens (primary N) is 1. The van der Waals surface area contributed by atoms with Crippen LogP contribution in [-0.2, 0) is 25.8 Å². The van der Waals surface area contributed by atoms with Crippen LogP contribution in [0.3, 0.4) is 0 Å². The van der Waals surface area contributed by atoms with Crippen LogP contribution in [0.5, 0.6) is 0 Å². The summed E-state index contributed by atoms with van der Waals surface area (Å²) in [5.74, 6) is -1.94. The Kier molecular flexibility index (Phi) is 6.10. The smallest absolute Gasteiger partial charge is 0.352 e. The molecule has 0 unspecified atom stereocenters. The Hall–Kier alpha value is -3.45. The quantitative estimate of drug-likeness (QED) is 0.216. The second-order valence-electron chi connectivity index (χ2n) is 6.86. The first-order valence-electron chi connectivity index (χ1n) is 9.38. The normalized spacial score (nSPS) is 20.5. The summed E-state index contributed by atoms with van der Waals surface area (Å²) < 4.78 is 1.84. The van der Waals surface area contributed by atoms with E-state index in [0.29, 0.717) is 17.9 Å². The highest BCUT2D eigenvalue weighted by Gasteiger charge is 2.54. The number of fused-ring (bicyclic) bond motifs is 1. The molecule has 4 heterocycles. The summed E-state index contributed by atoms with van der Waals surface area (Å²) in [6.07, 6.45) is 3.65. The molecular formula is C19H19N6O5S2+. The summed E-state index contributed by atoms with van der Waals surface area (Å²) in [4.78, 5) is 47.6. The number of aliphatic carboxylic acids is 1. The van der Waals surface area contributed by atoms with E-state index in [1.807, 2.05) is 35.2 Å². The van der Waals surface area contributed by atoms with E-state index < -0.39 is 29.2 Å². The van der Waals surface area contributed by atoms with E-state index in [1.165, 1.54) is 23.8 Å². The number of carboxylic acids is 1. The lowest BCUT2D eigenvalue weighted by molar-refractivity contribution is -0.689. The molecule has 0 saturated carbocycles. The van der Waals surface area contributed by atoms with E-state index >= 15 is 0 Å². The van der Waals surface area contributed by atoms with Crippen LogP contribution < -0.4 is 15.6 Å². The fourth-order valence-corrected chi connectivity index (χ4v) is 5.35. The van der Waals surface area contributed by atoms with Crippen LogP contribution in [0.4, 0.5) is 5.13 Å². The summed E-state index contributed by atoms with van der Waals surface area (Å²) >= 11 is 2.53. The topological polar surface area (TPSA) is 151 Å². The van der Waals surface area contributed by atoms with Crippen molar-refractivity contribution < 1.29 is 28.9 Å². The number of thioether (sulfide) groups is 1. The summed E-state index contributed by atoms with van der Waals surface area (Å²) in [6, 6.07) is 4.65. The van der Waals surface area contributed by atoms with Crippen molar-refractivity contribution in [1.29, 1.82) is 0 Å². The summed E-state index contributed by atoms with van der Waals surface area (Å²) in [6.45, 7) is 0.346. The van der Waals surface area contributed by atoms with Crippen LogP contribution in [0.15, 0.2) is 52.4 Å². The number of carbonyl (C=O) groups excluding carboxylic acids is 2. The molecule has 2 aliphatic heterocycles. The van der Waals surface area contributed by atoms with Crippen LogP contribution in [-0.4, -0.2) is 62.8 Å². The molecule has 0 aliphatic carbocycles.